The molecule has 0 saturated heterocycles. The maximum atomic E-state index is 11.0. The van der Waals surface area contributed by atoms with Gasteiger partial charge in [-0.15, -0.1) is 19.7 Å². The molecule has 7 nitrogen and oxygen atoms in total. The molecule has 0 heterocycles. The smallest absolute Gasteiger partial charge is 0.369 e. The van der Waals surface area contributed by atoms with Crippen LogP contribution in [0.5, 0.6) is 0 Å². The Bertz CT molecular complexity index is 324. The van der Waals surface area contributed by atoms with Gasteiger partial charge in [0.2, 0.25) is 0 Å². The van der Waals surface area contributed by atoms with Gasteiger partial charge in [-0.05, 0) is 0 Å². The van der Waals surface area contributed by atoms with Gasteiger partial charge < -0.3 is 24.0 Å². The van der Waals surface area contributed by atoms with E-state index in [4.69, 9.17) is 24.0 Å². The summed E-state index contributed by atoms with van der Waals surface area (Å²) in [5.41, 5.74) is 0. The molecule has 0 fully saturated rings. The van der Waals surface area contributed by atoms with E-state index in [1.54, 1.807) is 0 Å². The van der Waals surface area contributed by atoms with Gasteiger partial charge in [-0.1, -0.05) is 18.2 Å². The molecule has 19 heavy (non-hydrogen) atoms. The Morgan fingerprint density at radius 1 is 1.00 bits per heavy atom. The second kappa shape index (κ2) is 9.17. The van der Waals surface area contributed by atoms with Gasteiger partial charge in [0.25, 0.3) is 0 Å². The summed E-state index contributed by atoms with van der Waals surface area (Å²) in [5.74, 6) is -2.04. The van der Waals surface area contributed by atoms with Crippen LogP contribution in [-0.4, -0.2) is 42.2 Å². The zero-order valence-corrected chi connectivity index (χ0v) is 11.5. The first-order valence-corrected chi connectivity index (χ1v) is 6.87. The maximum Gasteiger partial charge on any atom is 0.474 e. The summed E-state index contributed by atoms with van der Waals surface area (Å²) in [4.78, 5) is 17.8. The Morgan fingerprint density at radius 2 is 1.47 bits per heavy atom. The van der Waals surface area contributed by atoms with E-state index in [0.29, 0.717) is 0 Å². The predicted octanol–water partition coefficient (Wildman–Crippen LogP) is 1.36. The van der Waals surface area contributed by atoms with Gasteiger partial charge in [0, 0.05) is 0 Å². The molecular formula is C11H19O7P. The normalized spacial score (nSPS) is 12.1. The van der Waals surface area contributed by atoms with E-state index < -0.39 is 13.8 Å². The summed E-state index contributed by atoms with van der Waals surface area (Å²) in [6.07, 6.45) is 4.22. The highest BCUT2D eigenvalue weighted by atomic mass is 31.2. The number of rotatable bonds is 12. The largest absolute Gasteiger partial charge is 0.474 e. The number of phosphoric acid groups is 1. The summed E-state index contributed by atoms with van der Waals surface area (Å²) in [6, 6.07) is 0. The topological polar surface area (TPSA) is 94.5 Å². The van der Waals surface area contributed by atoms with Crippen LogP contribution < -0.4 is 0 Å². The van der Waals surface area contributed by atoms with Crippen molar-refractivity contribution in [3.05, 3.63) is 38.0 Å². The third-order valence-electron chi connectivity index (χ3n) is 1.61. The van der Waals surface area contributed by atoms with Gasteiger partial charge in [0.15, 0.2) is 0 Å². The molecule has 0 amide bonds. The molecule has 0 radical (unpaired) electrons. The van der Waals surface area contributed by atoms with Crippen molar-refractivity contribution in [1.29, 1.82) is 0 Å². The zero-order valence-electron chi connectivity index (χ0n) is 10.6. The molecule has 0 atom stereocenters. The molecule has 0 unspecified atom stereocenters. The number of hydrogen-bond acceptors (Lipinski definition) is 5. The minimum atomic E-state index is -4.84. The standard InChI is InChI=1S/C11H19O7P/c1-4-7-15-10-11(16-8-5-2,17-9-6-3)18-19(12,13)14/h4-6H,1-3,7-10H2,(H2,12,13,14). The number of phosphoric ester groups is 1. The average Bonchev–Trinajstić information content (AvgIpc) is 2.32. The van der Waals surface area contributed by atoms with E-state index >= 15 is 0 Å². The Kier molecular flexibility index (Phi) is 8.79. The van der Waals surface area contributed by atoms with E-state index in [1.165, 1.54) is 18.2 Å². The minimum absolute atomic E-state index is 0.0470. The van der Waals surface area contributed by atoms with Gasteiger partial charge >= 0.3 is 13.8 Å². The SMILES string of the molecule is C=CCOCC(OCC=C)(OCC=C)OP(=O)(O)O. The van der Waals surface area contributed by atoms with Crippen LogP contribution in [0.4, 0.5) is 0 Å². The lowest BCUT2D eigenvalue weighted by molar-refractivity contribution is -0.357. The summed E-state index contributed by atoms with van der Waals surface area (Å²) < 4.78 is 30.9. The van der Waals surface area contributed by atoms with Gasteiger partial charge in [-0.25, -0.2) is 9.09 Å². The molecule has 0 aliphatic rings. The summed E-state index contributed by atoms with van der Waals surface area (Å²) in [5, 5.41) is 0. The molecular weight excluding hydrogens is 275 g/mol. The first-order chi connectivity index (χ1) is 8.89. The quantitative estimate of drug-likeness (QED) is 0.243. The fraction of sp³-hybridized carbons (Fsp3) is 0.455. The highest BCUT2D eigenvalue weighted by Gasteiger charge is 2.41. The predicted molar refractivity (Wildman–Crippen MR) is 69.2 cm³/mol. The van der Waals surface area contributed by atoms with Crippen molar-refractivity contribution < 1.29 is 33.1 Å². The molecule has 0 bridgehead atoms. The summed E-state index contributed by atoms with van der Waals surface area (Å²) in [7, 11) is -4.84. The van der Waals surface area contributed by atoms with Crippen molar-refractivity contribution in [2.45, 2.75) is 5.97 Å². The molecule has 0 saturated carbocycles. The molecule has 0 aliphatic heterocycles. The monoisotopic (exact) mass is 294 g/mol. The van der Waals surface area contributed by atoms with Crippen LogP contribution in [0.2, 0.25) is 0 Å². The molecule has 0 aromatic carbocycles. The molecule has 0 aromatic heterocycles. The van der Waals surface area contributed by atoms with Crippen molar-refractivity contribution in [2.24, 2.45) is 0 Å². The molecule has 0 aromatic rings. The van der Waals surface area contributed by atoms with E-state index in [2.05, 4.69) is 24.3 Å². The summed E-state index contributed by atoms with van der Waals surface area (Å²) in [6.45, 7) is 10.00. The maximum absolute atomic E-state index is 11.0. The van der Waals surface area contributed by atoms with Crippen molar-refractivity contribution in [1.82, 2.24) is 0 Å². The van der Waals surface area contributed by atoms with Crippen LogP contribution in [-0.2, 0) is 23.3 Å². The molecule has 0 rings (SSSR count). The highest BCUT2D eigenvalue weighted by molar-refractivity contribution is 7.46. The molecule has 0 aliphatic carbocycles. The molecule has 0 spiro atoms. The first-order valence-electron chi connectivity index (χ1n) is 5.34. The lowest BCUT2D eigenvalue weighted by atomic mass is 10.5. The van der Waals surface area contributed by atoms with E-state index in [9.17, 15) is 4.57 Å². The van der Waals surface area contributed by atoms with Gasteiger partial charge in [-0.3, -0.25) is 0 Å². The van der Waals surface area contributed by atoms with E-state index in [1.807, 2.05) is 0 Å². The van der Waals surface area contributed by atoms with Crippen LogP contribution in [0, 0.1) is 0 Å². The van der Waals surface area contributed by atoms with Gasteiger partial charge in [0.1, 0.15) is 6.61 Å². The zero-order chi connectivity index (χ0) is 14.8. The van der Waals surface area contributed by atoms with Crippen molar-refractivity contribution in [2.75, 3.05) is 26.4 Å². The Morgan fingerprint density at radius 3 is 1.84 bits per heavy atom. The first kappa shape index (κ1) is 18.2. The fourth-order valence-electron chi connectivity index (χ4n) is 1.02. The van der Waals surface area contributed by atoms with Crippen LogP contribution in [0.25, 0.3) is 0 Å². The Hall–Kier alpha value is -0.790. The van der Waals surface area contributed by atoms with Crippen LogP contribution in [0.15, 0.2) is 38.0 Å². The lowest BCUT2D eigenvalue weighted by Gasteiger charge is -2.31. The fourth-order valence-corrected chi connectivity index (χ4v) is 1.54. The van der Waals surface area contributed by atoms with Crippen LogP contribution in [0.1, 0.15) is 0 Å². The number of hydrogen-bond donors (Lipinski definition) is 2. The van der Waals surface area contributed by atoms with Gasteiger partial charge in [-0.2, -0.15) is 0 Å². The van der Waals surface area contributed by atoms with Gasteiger partial charge in [0.05, 0.1) is 19.8 Å². The van der Waals surface area contributed by atoms with Crippen molar-refractivity contribution in [3.8, 4) is 0 Å². The van der Waals surface area contributed by atoms with E-state index in [0.717, 1.165) is 0 Å². The Labute approximate surface area is 112 Å². The molecule has 110 valence electrons. The Balaban J connectivity index is 4.92. The number of ether oxygens (including phenoxy) is 3. The summed E-state index contributed by atoms with van der Waals surface area (Å²) >= 11 is 0. The van der Waals surface area contributed by atoms with Crippen LogP contribution in [0.3, 0.4) is 0 Å². The third-order valence-corrected chi connectivity index (χ3v) is 2.13. The van der Waals surface area contributed by atoms with Crippen molar-refractivity contribution in [3.63, 3.8) is 0 Å². The lowest BCUT2D eigenvalue weighted by Crippen LogP contribution is -2.43. The van der Waals surface area contributed by atoms with Crippen LogP contribution >= 0.6 is 7.82 Å². The molecule has 2 N–H and O–H groups in total. The average molecular weight is 294 g/mol. The second-order valence-electron chi connectivity index (χ2n) is 3.27. The van der Waals surface area contributed by atoms with Crippen molar-refractivity contribution >= 4 is 7.82 Å². The highest BCUT2D eigenvalue weighted by Crippen LogP contribution is 2.42. The minimum Gasteiger partial charge on any atom is -0.369 e. The third kappa shape index (κ3) is 8.85. The van der Waals surface area contributed by atoms with E-state index in [-0.39, 0.29) is 26.4 Å². The molecule has 8 heteroatoms. The second-order valence-corrected chi connectivity index (χ2v) is 4.43.